The SMILES string of the molecule is CC1CN2CCCCC2CN1C1Cc2ccccc2C1N. The van der Waals surface area contributed by atoms with E-state index < -0.39 is 0 Å². The summed E-state index contributed by atoms with van der Waals surface area (Å²) in [7, 11) is 0. The van der Waals surface area contributed by atoms with Gasteiger partial charge in [0.2, 0.25) is 0 Å². The zero-order chi connectivity index (χ0) is 14.4. The summed E-state index contributed by atoms with van der Waals surface area (Å²) in [5.41, 5.74) is 9.44. The van der Waals surface area contributed by atoms with Gasteiger partial charge in [0.05, 0.1) is 0 Å². The molecule has 21 heavy (non-hydrogen) atoms. The molecule has 0 amide bonds. The van der Waals surface area contributed by atoms with Gasteiger partial charge in [-0.1, -0.05) is 30.7 Å². The van der Waals surface area contributed by atoms with Crippen molar-refractivity contribution in [3.8, 4) is 0 Å². The number of fused-ring (bicyclic) bond motifs is 2. The van der Waals surface area contributed by atoms with Crippen LogP contribution in [0.3, 0.4) is 0 Å². The zero-order valence-electron chi connectivity index (χ0n) is 13.0. The second kappa shape index (κ2) is 5.38. The third kappa shape index (κ3) is 2.32. The Labute approximate surface area is 128 Å². The maximum Gasteiger partial charge on any atom is 0.0459 e. The number of nitrogens with two attached hydrogens (primary N) is 1. The molecule has 0 aromatic heterocycles. The number of rotatable bonds is 1. The number of benzene rings is 1. The van der Waals surface area contributed by atoms with Gasteiger partial charge in [0.1, 0.15) is 0 Å². The number of nitrogens with zero attached hydrogens (tertiary/aromatic N) is 2. The Hall–Kier alpha value is -0.900. The molecule has 0 saturated carbocycles. The van der Waals surface area contributed by atoms with Crippen LogP contribution >= 0.6 is 0 Å². The standard InChI is InChI=1S/C18H27N3/c1-13-11-20-9-5-4-7-15(20)12-21(13)17-10-14-6-2-3-8-16(14)18(17)19/h2-3,6,8,13,15,17-18H,4-5,7,9-12,19H2,1H3. The molecule has 3 aliphatic rings. The maximum atomic E-state index is 6.60. The summed E-state index contributed by atoms with van der Waals surface area (Å²) in [6.07, 6.45) is 5.30. The highest BCUT2D eigenvalue weighted by Gasteiger charge is 2.41. The minimum absolute atomic E-state index is 0.193. The molecule has 1 aliphatic carbocycles. The molecule has 4 atom stereocenters. The molecule has 114 valence electrons. The first-order valence-electron chi connectivity index (χ1n) is 8.57. The van der Waals surface area contributed by atoms with Gasteiger partial charge in [-0.15, -0.1) is 0 Å². The van der Waals surface area contributed by atoms with Crippen molar-refractivity contribution in [2.75, 3.05) is 19.6 Å². The van der Waals surface area contributed by atoms with E-state index in [0.29, 0.717) is 12.1 Å². The highest BCUT2D eigenvalue weighted by atomic mass is 15.3. The van der Waals surface area contributed by atoms with Gasteiger partial charge in [0, 0.05) is 37.3 Å². The molecule has 0 bridgehead atoms. The normalized spacial score (nSPS) is 37.2. The van der Waals surface area contributed by atoms with E-state index in [1.807, 2.05) is 0 Å². The monoisotopic (exact) mass is 285 g/mol. The third-order valence-electron chi connectivity index (χ3n) is 5.92. The molecule has 4 unspecified atom stereocenters. The lowest BCUT2D eigenvalue weighted by Crippen LogP contribution is -2.62. The van der Waals surface area contributed by atoms with Gasteiger partial charge >= 0.3 is 0 Å². The van der Waals surface area contributed by atoms with E-state index >= 15 is 0 Å². The van der Waals surface area contributed by atoms with Crippen molar-refractivity contribution < 1.29 is 0 Å². The molecule has 1 aromatic rings. The molecule has 0 spiro atoms. The summed E-state index contributed by atoms with van der Waals surface area (Å²) in [5, 5.41) is 0. The van der Waals surface area contributed by atoms with Crippen LogP contribution in [0.2, 0.25) is 0 Å². The van der Waals surface area contributed by atoms with Crippen LogP contribution in [0, 0.1) is 0 Å². The molecule has 2 aliphatic heterocycles. The highest BCUT2D eigenvalue weighted by molar-refractivity contribution is 5.37. The minimum atomic E-state index is 0.193. The number of hydrogen-bond acceptors (Lipinski definition) is 3. The van der Waals surface area contributed by atoms with Crippen LogP contribution in [0.4, 0.5) is 0 Å². The second-order valence-electron chi connectivity index (χ2n) is 7.19. The lowest BCUT2D eigenvalue weighted by Gasteiger charge is -2.50. The van der Waals surface area contributed by atoms with Crippen molar-refractivity contribution in [2.45, 2.75) is 56.8 Å². The molecule has 2 N–H and O–H groups in total. The first kappa shape index (κ1) is 13.7. The second-order valence-corrected chi connectivity index (χ2v) is 7.19. The number of hydrogen-bond donors (Lipinski definition) is 1. The Kier molecular flexibility index (Phi) is 3.52. The predicted octanol–water partition coefficient (Wildman–Crippen LogP) is 2.17. The van der Waals surface area contributed by atoms with Gasteiger partial charge in [-0.3, -0.25) is 9.80 Å². The average Bonchev–Trinajstić information content (AvgIpc) is 2.84. The van der Waals surface area contributed by atoms with Crippen LogP contribution in [0.15, 0.2) is 24.3 Å². The molecule has 2 fully saturated rings. The first-order chi connectivity index (χ1) is 10.2. The van der Waals surface area contributed by atoms with Crippen molar-refractivity contribution in [3.05, 3.63) is 35.4 Å². The third-order valence-corrected chi connectivity index (χ3v) is 5.92. The summed E-state index contributed by atoms with van der Waals surface area (Å²) in [5.74, 6) is 0. The van der Waals surface area contributed by atoms with Crippen molar-refractivity contribution in [1.29, 1.82) is 0 Å². The van der Waals surface area contributed by atoms with Crippen LogP contribution in [0.25, 0.3) is 0 Å². The number of piperazine rings is 1. The van der Waals surface area contributed by atoms with Crippen molar-refractivity contribution >= 4 is 0 Å². The van der Waals surface area contributed by atoms with Crippen molar-refractivity contribution in [3.63, 3.8) is 0 Å². The fourth-order valence-electron chi connectivity index (χ4n) is 4.77. The smallest absolute Gasteiger partial charge is 0.0459 e. The van der Waals surface area contributed by atoms with Crippen LogP contribution in [-0.4, -0.2) is 47.6 Å². The molecular weight excluding hydrogens is 258 g/mol. The van der Waals surface area contributed by atoms with Gasteiger partial charge in [0.25, 0.3) is 0 Å². The quantitative estimate of drug-likeness (QED) is 0.858. The van der Waals surface area contributed by atoms with Gasteiger partial charge in [-0.2, -0.15) is 0 Å². The predicted molar refractivity (Wildman–Crippen MR) is 86.2 cm³/mol. The Bertz CT molecular complexity index is 515. The molecule has 3 nitrogen and oxygen atoms in total. The van der Waals surface area contributed by atoms with Crippen LogP contribution in [-0.2, 0) is 6.42 Å². The van der Waals surface area contributed by atoms with Crippen LogP contribution < -0.4 is 5.73 Å². The van der Waals surface area contributed by atoms with E-state index in [2.05, 4.69) is 41.0 Å². The largest absolute Gasteiger partial charge is 0.323 e. The van der Waals surface area contributed by atoms with Gasteiger partial charge in [0.15, 0.2) is 0 Å². The van der Waals surface area contributed by atoms with Crippen LogP contribution in [0.1, 0.15) is 43.4 Å². The molecule has 4 rings (SSSR count). The van der Waals surface area contributed by atoms with Gasteiger partial charge < -0.3 is 5.73 Å². The fourth-order valence-corrected chi connectivity index (χ4v) is 4.77. The summed E-state index contributed by atoms with van der Waals surface area (Å²) in [6.45, 7) is 6.14. The lowest BCUT2D eigenvalue weighted by atomic mass is 9.94. The van der Waals surface area contributed by atoms with E-state index in [4.69, 9.17) is 5.73 Å². The Balaban J connectivity index is 1.54. The maximum absolute atomic E-state index is 6.60. The molecule has 0 radical (unpaired) electrons. The summed E-state index contributed by atoms with van der Waals surface area (Å²) in [6, 6.07) is 10.9. The van der Waals surface area contributed by atoms with E-state index in [9.17, 15) is 0 Å². The zero-order valence-corrected chi connectivity index (χ0v) is 13.0. The summed E-state index contributed by atoms with van der Waals surface area (Å²) >= 11 is 0. The van der Waals surface area contributed by atoms with E-state index in [-0.39, 0.29) is 6.04 Å². The van der Waals surface area contributed by atoms with Crippen molar-refractivity contribution in [1.82, 2.24) is 9.80 Å². The Morgan fingerprint density at radius 1 is 1.14 bits per heavy atom. The minimum Gasteiger partial charge on any atom is -0.323 e. The summed E-state index contributed by atoms with van der Waals surface area (Å²) < 4.78 is 0. The average molecular weight is 285 g/mol. The topological polar surface area (TPSA) is 32.5 Å². The fraction of sp³-hybridized carbons (Fsp3) is 0.667. The van der Waals surface area contributed by atoms with Crippen LogP contribution in [0.5, 0.6) is 0 Å². The van der Waals surface area contributed by atoms with Crippen molar-refractivity contribution in [2.24, 2.45) is 5.73 Å². The molecule has 2 saturated heterocycles. The van der Waals surface area contributed by atoms with E-state index in [0.717, 1.165) is 12.5 Å². The molecule has 3 heteroatoms. The Morgan fingerprint density at radius 2 is 2.00 bits per heavy atom. The molecular formula is C18H27N3. The molecule has 1 aromatic carbocycles. The van der Waals surface area contributed by atoms with Gasteiger partial charge in [-0.05, 0) is 43.9 Å². The van der Waals surface area contributed by atoms with Gasteiger partial charge in [-0.25, -0.2) is 0 Å². The Morgan fingerprint density at radius 3 is 2.86 bits per heavy atom. The van der Waals surface area contributed by atoms with E-state index in [1.165, 1.54) is 50.0 Å². The summed E-state index contributed by atoms with van der Waals surface area (Å²) in [4.78, 5) is 5.44. The molecule has 2 heterocycles. The van der Waals surface area contributed by atoms with E-state index in [1.54, 1.807) is 0 Å². The first-order valence-corrected chi connectivity index (χ1v) is 8.57. The lowest BCUT2D eigenvalue weighted by molar-refractivity contribution is -0.0110. The number of piperidine rings is 1. The highest BCUT2D eigenvalue weighted by Crippen LogP contribution is 2.36.